The minimum Gasteiger partial charge on any atom is -0.494 e. The molecule has 6 nitrogen and oxygen atoms in total. The molecule has 1 aromatic carbocycles. The van der Waals surface area contributed by atoms with Crippen molar-refractivity contribution >= 4 is 17.6 Å². The monoisotopic (exact) mass is 335 g/mol. The zero-order valence-corrected chi connectivity index (χ0v) is 14.5. The van der Waals surface area contributed by atoms with Gasteiger partial charge in [0.15, 0.2) is 5.57 Å². The Bertz CT molecular complexity index is 533. The first-order chi connectivity index (χ1) is 11.6. The van der Waals surface area contributed by atoms with E-state index in [-0.39, 0.29) is 5.57 Å². The van der Waals surface area contributed by atoms with Gasteiger partial charge in [0.05, 0.1) is 20.8 Å². The van der Waals surface area contributed by atoms with Gasteiger partial charge in [0, 0.05) is 11.9 Å². The topological polar surface area (TPSA) is 73.9 Å². The lowest BCUT2D eigenvalue weighted by atomic mass is 10.2. The van der Waals surface area contributed by atoms with E-state index in [1.807, 2.05) is 12.1 Å². The number of hydrogen-bond donors (Lipinski definition) is 1. The number of hydrogen-bond acceptors (Lipinski definition) is 6. The third-order valence-corrected chi connectivity index (χ3v) is 3.31. The molecule has 0 spiro atoms. The van der Waals surface area contributed by atoms with Gasteiger partial charge in [0.1, 0.15) is 5.75 Å². The van der Waals surface area contributed by atoms with Crippen LogP contribution in [0.3, 0.4) is 0 Å². The van der Waals surface area contributed by atoms with Crippen LogP contribution in [0.5, 0.6) is 5.75 Å². The smallest absolute Gasteiger partial charge is 0.346 e. The largest absolute Gasteiger partial charge is 0.494 e. The van der Waals surface area contributed by atoms with Crippen molar-refractivity contribution in [2.24, 2.45) is 0 Å². The maximum atomic E-state index is 11.5. The molecule has 0 saturated carbocycles. The van der Waals surface area contributed by atoms with E-state index in [2.05, 4.69) is 21.7 Å². The highest BCUT2D eigenvalue weighted by Crippen LogP contribution is 2.17. The van der Waals surface area contributed by atoms with Crippen LogP contribution in [0, 0.1) is 0 Å². The molecule has 0 saturated heterocycles. The zero-order chi connectivity index (χ0) is 17.8. The molecule has 6 heteroatoms. The van der Waals surface area contributed by atoms with E-state index in [9.17, 15) is 9.59 Å². The number of benzene rings is 1. The summed E-state index contributed by atoms with van der Waals surface area (Å²) in [7, 11) is 2.40. The Morgan fingerprint density at radius 1 is 1.00 bits per heavy atom. The number of nitrogens with one attached hydrogen (secondary N) is 1. The molecule has 1 N–H and O–H groups in total. The van der Waals surface area contributed by atoms with Gasteiger partial charge < -0.3 is 19.5 Å². The summed E-state index contributed by atoms with van der Waals surface area (Å²) < 4.78 is 14.7. The first-order valence-corrected chi connectivity index (χ1v) is 7.98. The Hall–Kier alpha value is -2.50. The Labute approximate surface area is 142 Å². The first kappa shape index (κ1) is 19.5. The lowest BCUT2D eigenvalue weighted by molar-refractivity contribution is -0.144. The molecule has 0 aliphatic carbocycles. The highest BCUT2D eigenvalue weighted by Gasteiger charge is 2.19. The van der Waals surface area contributed by atoms with Crippen LogP contribution in [0.25, 0.3) is 0 Å². The van der Waals surface area contributed by atoms with Crippen LogP contribution >= 0.6 is 0 Å². The molecule has 0 amide bonds. The summed E-state index contributed by atoms with van der Waals surface area (Å²) >= 11 is 0. The van der Waals surface area contributed by atoms with Crippen molar-refractivity contribution < 1.29 is 23.8 Å². The van der Waals surface area contributed by atoms with E-state index < -0.39 is 11.9 Å². The molecule has 0 radical (unpaired) electrons. The number of ether oxygens (including phenoxy) is 3. The second kappa shape index (κ2) is 11.1. The quantitative estimate of drug-likeness (QED) is 0.232. The van der Waals surface area contributed by atoms with Crippen molar-refractivity contribution in [2.75, 3.05) is 26.1 Å². The second-order valence-electron chi connectivity index (χ2n) is 5.12. The molecular formula is C18H25NO5. The van der Waals surface area contributed by atoms with Gasteiger partial charge in [-0.1, -0.05) is 26.2 Å². The maximum Gasteiger partial charge on any atom is 0.346 e. The Kier molecular flexibility index (Phi) is 9.04. The predicted octanol–water partition coefficient (Wildman–Crippen LogP) is 3.29. The van der Waals surface area contributed by atoms with Crippen molar-refractivity contribution in [1.29, 1.82) is 0 Å². The Morgan fingerprint density at radius 3 is 2.17 bits per heavy atom. The fourth-order valence-electron chi connectivity index (χ4n) is 1.94. The summed E-state index contributed by atoms with van der Waals surface area (Å²) in [6.45, 7) is 2.87. The van der Waals surface area contributed by atoms with Crippen molar-refractivity contribution in [2.45, 2.75) is 32.6 Å². The standard InChI is InChI=1S/C18H25NO5/c1-4-5-6-7-12-24-15-10-8-14(9-11-15)19-13-16(17(20)22-2)18(21)23-3/h8-11,13,19H,4-7,12H2,1-3H3. The first-order valence-electron chi connectivity index (χ1n) is 7.98. The van der Waals surface area contributed by atoms with Gasteiger partial charge >= 0.3 is 11.9 Å². The van der Waals surface area contributed by atoms with Gasteiger partial charge in [-0.2, -0.15) is 0 Å². The molecule has 0 atom stereocenters. The number of methoxy groups -OCH3 is 2. The van der Waals surface area contributed by atoms with E-state index >= 15 is 0 Å². The number of carbonyl (C=O) groups excluding carboxylic acids is 2. The molecule has 0 heterocycles. The summed E-state index contributed by atoms with van der Waals surface area (Å²) in [5, 5.41) is 2.87. The van der Waals surface area contributed by atoms with Crippen molar-refractivity contribution in [3.05, 3.63) is 36.0 Å². The number of rotatable bonds is 10. The number of carbonyl (C=O) groups is 2. The number of anilines is 1. The van der Waals surface area contributed by atoms with E-state index in [1.54, 1.807) is 12.1 Å². The lowest BCUT2D eigenvalue weighted by Crippen LogP contribution is -2.17. The minimum absolute atomic E-state index is 0.212. The highest BCUT2D eigenvalue weighted by molar-refractivity contribution is 6.14. The molecule has 0 unspecified atom stereocenters. The Morgan fingerprint density at radius 2 is 1.62 bits per heavy atom. The van der Waals surface area contributed by atoms with Crippen LogP contribution in [0.1, 0.15) is 32.6 Å². The average molecular weight is 335 g/mol. The molecule has 0 aromatic heterocycles. The predicted molar refractivity (Wildman–Crippen MR) is 91.8 cm³/mol. The van der Waals surface area contributed by atoms with Gasteiger partial charge in [0.25, 0.3) is 0 Å². The summed E-state index contributed by atoms with van der Waals surface area (Å²) in [5.74, 6) is -0.745. The van der Waals surface area contributed by atoms with Crippen LogP contribution in [0.15, 0.2) is 36.0 Å². The van der Waals surface area contributed by atoms with E-state index in [0.29, 0.717) is 12.3 Å². The zero-order valence-electron chi connectivity index (χ0n) is 14.5. The van der Waals surface area contributed by atoms with E-state index in [0.717, 1.165) is 12.2 Å². The van der Waals surface area contributed by atoms with E-state index in [4.69, 9.17) is 4.74 Å². The van der Waals surface area contributed by atoms with Crippen molar-refractivity contribution in [3.63, 3.8) is 0 Å². The molecule has 0 aliphatic rings. The van der Waals surface area contributed by atoms with Crippen LogP contribution < -0.4 is 10.1 Å². The molecule has 0 aliphatic heterocycles. The van der Waals surface area contributed by atoms with Crippen LogP contribution in [-0.4, -0.2) is 32.8 Å². The summed E-state index contributed by atoms with van der Waals surface area (Å²) in [6.07, 6.45) is 5.90. The molecule has 132 valence electrons. The fourth-order valence-corrected chi connectivity index (χ4v) is 1.94. The van der Waals surface area contributed by atoms with E-state index in [1.165, 1.54) is 39.7 Å². The third-order valence-electron chi connectivity index (χ3n) is 3.31. The lowest BCUT2D eigenvalue weighted by Gasteiger charge is -2.08. The van der Waals surface area contributed by atoms with Gasteiger partial charge in [0.2, 0.25) is 0 Å². The highest BCUT2D eigenvalue weighted by atomic mass is 16.5. The molecule has 24 heavy (non-hydrogen) atoms. The van der Waals surface area contributed by atoms with Gasteiger partial charge in [-0.25, -0.2) is 9.59 Å². The maximum absolute atomic E-state index is 11.5. The SMILES string of the molecule is CCCCCCOc1ccc(NC=C(C(=O)OC)C(=O)OC)cc1. The third kappa shape index (κ3) is 6.73. The van der Waals surface area contributed by atoms with Gasteiger partial charge in [-0.05, 0) is 30.7 Å². The molecule has 0 fully saturated rings. The summed E-state index contributed by atoms with van der Waals surface area (Å²) in [4.78, 5) is 23.1. The fraction of sp³-hybridized carbons (Fsp3) is 0.444. The van der Waals surface area contributed by atoms with Crippen LogP contribution in [0.2, 0.25) is 0 Å². The average Bonchev–Trinajstić information content (AvgIpc) is 2.62. The minimum atomic E-state index is -0.763. The summed E-state index contributed by atoms with van der Waals surface area (Å²) in [5.41, 5.74) is 0.495. The Balaban J connectivity index is 2.57. The summed E-state index contributed by atoms with van der Waals surface area (Å²) in [6, 6.07) is 7.24. The van der Waals surface area contributed by atoms with Crippen LogP contribution in [-0.2, 0) is 19.1 Å². The van der Waals surface area contributed by atoms with Gasteiger partial charge in [-0.15, -0.1) is 0 Å². The second-order valence-corrected chi connectivity index (χ2v) is 5.12. The van der Waals surface area contributed by atoms with Crippen LogP contribution in [0.4, 0.5) is 5.69 Å². The van der Waals surface area contributed by atoms with Crippen molar-refractivity contribution in [1.82, 2.24) is 0 Å². The molecular weight excluding hydrogens is 310 g/mol. The normalized spacial score (nSPS) is 9.79. The molecule has 1 rings (SSSR count). The number of esters is 2. The van der Waals surface area contributed by atoms with Gasteiger partial charge in [-0.3, -0.25) is 0 Å². The molecule has 1 aromatic rings. The van der Waals surface area contributed by atoms with Crippen molar-refractivity contribution in [3.8, 4) is 5.75 Å². The molecule has 0 bridgehead atoms. The number of unbranched alkanes of at least 4 members (excludes halogenated alkanes) is 3.